The molecule has 0 saturated carbocycles. The Morgan fingerprint density at radius 3 is 2.35 bits per heavy atom. The van der Waals surface area contributed by atoms with Crippen molar-refractivity contribution in [3.05, 3.63) is 48.0 Å². The number of sulfonamides is 1. The average Bonchev–Trinajstić information content (AvgIpc) is 2.33. The highest BCUT2D eigenvalue weighted by Crippen LogP contribution is 2.33. The predicted molar refractivity (Wildman–Crippen MR) is 68.7 cm³/mol. The first-order valence-corrected chi connectivity index (χ1v) is 6.88. The number of hydrogen-bond donors (Lipinski definition) is 2. The zero-order valence-electron chi connectivity index (χ0n) is 10.0. The van der Waals surface area contributed by atoms with Gasteiger partial charge in [-0.05, 0) is 24.3 Å². The maximum Gasteiger partial charge on any atom is 0.240 e. The molecule has 8 heteroatoms. The van der Waals surface area contributed by atoms with Crippen LogP contribution in [0.25, 0.3) is 0 Å². The van der Waals surface area contributed by atoms with Gasteiger partial charge in [-0.3, -0.25) is 0 Å². The average molecular weight is 300 g/mol. The van der Waals surface area contributed by atoms with Crippen LogP contribution in [0.1, 0.15) is 0 Å². The van der Waals surface area contributed by atoms with E-state index in [1.165, 1.54) is 18.2 Å². The number of ether oxygens (including phenoxy) is 1. The van der Waals surface area contributed by atoms with Gasteiger partial charge in [-0.1, -0.05) is 6.07 Å². The lowest BCUT2D eigenvalue weighted by atomic mass is 10.3. The summed E-state index contributed by atoms with van der Waals surface area (Å²) in [5, 5.41) is 4.98. The van der Waals surface area contributed by atoms with E-state index in [-0.39, 0.29) is 22.1 Å². The zero-order valence-corrected chi connectivity index (χ0v) is 10.8. The zero-order chi connectivity index (χ0) is 14.9. The van der Waals surface area contributed by atoms with Crippen LogP contribution in [0.3, 0.4) is 0 Å². The fourth-order valence-electron chi connectivity index (χ4n) is 1.54. The molecule has 0 aromatic heterocycles. The first kappa shape index (κ1) is 14.2. The molecule has 20 heavy (non-hydrogen) atoms. The standard InChI is InChI=1S/C12H10F2N2O3S/c13-7-4-5-9(8(14)6-7)19-10-2-1-3-11(12(10)15)20(16,17)18/h1-6H,15H2,(H2,16,17,18). The molecule has 2 aromatic carbocycles. The maximum absolute atomic E-state index is 13.5. The van der Waals surface area contributed by atoms with E-state index in [1.54, 1.807) is 0 Å². The van der Waals surface area contributed by atoms with E-state index in [2.05, 4.69) is 0 Å². The topological polar surface area (TPSA) is 95.4 Å². The Hall–Kier alpha value is -2.19. The normalized spacial score (nSPS) is 11.3. The van der Waals surface area contributed by atoms with Crippen molar-refractivity contribution in [3.63, 3.8) is 0 Å². The molecule has 0 fully saturated rings. The summed E-state index contributed by atoms with van der Waals surface area (Å²) in [6, 6.07) is 6.57. The maximum atomic E-state index is 13.5. The fourth-order valence-corrected chi connectivity index (χ4v) is 2.21. The highest BCUT2D eigenvalue weighted by atomic mass is 32.2. The molecule has 0 atom stereocenters. The highest BCUT2D eigenvalue weighted by molar-refractivity contribution is 7.89. The third-order valence-corrected chi connectivity index (χ3v) is 3.42. The second-order valence-electron chi connectivity index (χ2n) is 3.89. The van der Waals surface area contributed by atoms with Gasteiger partial charge in [0.15, 0.2) is 17.3 Å². The van der Waals surface area contributed by atoms with Crippen LogP contribution < -0.4 is 15.6 Å². The lowest BCUT2D eigenvalue weighted by molar-refractivity contribution is 0.438. The predicted octanol–water partition coefficient (Wildman–Crippen LogP) is 1.99. The molecule has 0 unspecified atom stereocenters. The first-order chi connectivity index (χ1) is 9.29. The van der Waals surface area contributed by atoms with E-state index in [0.29, 0.717) is 6.07 Å². The van der Waals surface area contributed by atoms with Gasteiger partial charge in [0.25, 0.3) is 0 Å². The van der Waals surface area contributed by atoms with E-state index in [0.717, 1.165) is 12.1 Å². The van der Waals surface area contributed by atoms with Crippen LogP contribution in [0.2, 0.25) is 0 Å². The summed E-state index contributed by atoms with van der Waals surface area (Å²) in [4.78, 5) is -0.336. The molecular weight excluding hydrogens is 290 g/mol. The molecule has 4 N–H and O–H groups in total. The summed E-state index contributed by atoms with van der Waals surface area (Å²) >= 11 is 0. The van der Waals surface area contributed by atoms with Crippen molar-refractivity contribution in [1.82, 2.24) is 0 Å². The third kappa shape index (κ3) is 2.86. The van der Waals surface area contributed by atoms with Crippen LogP contribution >= 0.6 is 0 Å². The molecule has 0 spiro atoms. The summed E-state index contributed by atoms with van der Waals surface area (Å²) in [6.07, 6.45) is 0. The van der Waals surface area contributed by atoms with Crippen molar-refractivity contribution >= 4 is 15.7 Å². The van der Waals surface area contributed by atoms with E-state index in [9.17, 15) is 17.2 Å². The number of primary sulfonamides is 1. The minimum atomic E-state index is -4.02. The number of anilines is 1. The van der Waals surface area contributed by atoms with Gasteiger partial charge in [0, 0.05) is 6.07 Å². The number of halogens is 2. The number of rotatable bonds is 3. The van der Waals surface area contributed by atoms with Gasteiger partial charge >= 0.3 is 0 Å². The number of benzene rings is 2. The van der Waals surface area contributed by atoms with Crippen LogP contribution in [0.15, 0.2) is 41.3 Å². The van der Waals surface area contributed by atoms with E-state index >= 15 is 0 Å². The molecule has 5 nitrogen and oxygen atoms in total. The van der Waals surface area contributed by atoms with Crippen molar-refractivity contribution in [2.24, 2.45) is 5.14 Å². The molecule has 106 valence electrons. The Kier molecular flexibility index (Phi) is 3.60. The number of nitrogen functional groups attached to an aromatic ring is 1. The summed E-state index contributed by atoms with van der Waals surface area (Å²) in [6.45, 7) is 0. The number of nitrogens with two attached hydrogens (primary N) is 2. The highest BCUT2D eigenvalue weighted by Gasteiger charge is 2.17. The van der Waals surface area contributed by atoms with Gasteiger partial charge in [-0.25, -0.2) is 22.3 Å². The molecule has 2 rings (SSSR count). The van der Waals surface area contributed by atoms with Gasteiger partial charge < -0.3 is 10.5 Å². The minimum Gasteiger partial charge on any atom is -0.452 e. The Morgan fingerprint density at radius 1 is 1.05 bits per heavy atom. The lowest BCUT2D eigenvalue weighted by Crippen LogP contribution is -2.14. The van der Waals surface area contributed by atoms with E-state index in [4.69, 9.17) is 15.6 Å². The molecule has 0 radical (unpaired) electrons. The molecule has 2 aromatic rings. The van der Waals surface area contributed by atoms with E-state index < -0.39 is 21.7 Å². The summed E-state index contributed by atoms with van der Waals surface area (Å²) in [7, 11) is -4.02. The van der Waals surface area contributed by atoms with Crippen molar-refractivity contribution in [1.29, 1.82) is 0 Å². The quantitative estimate of drug-likeness (QED) is 0.847. The number of para-hydroxylation sites is 1. The lowest BCUT2D eigenvalue weighted by Gasteiger charge is -2.11. The van der Waals surface area contributed by atoms with Gasteiger partial charge in [-0.2, -0.15) is 0 Å². The van der Waals surface area contributed by atoms with Gasteiger partial charge in [0.2, 0.25) is 10.0 Å². The van der Waals surface area contributed by atoms with Gasteiger partial charge in [0.1, 0.15) is 10.7 Å². The minimum absolute atomic E-state index is 0.0953. The van der Waals surface area contributed by atoms with Crippen molar-refractivity contribution in [2.45, 2.75) is 4.90 Å². The second-order valence-corrected chi connectivity index (χ2v) is 5.42. The van der Waals surface area contributed by atoms with Crippen molar-refractivity contribution < 1.29 is 21.9 Å². The van der Waals surface area contributed by atoms with Crippen LogP contribution in [-0.2, 0) is 10.0 Å². The van der Waals surface area contributed by atoms with Crippen LogP contribution in [0.4, 0.5) is 14.5 Å². The number of hydrogen-bond acceptors (Lipinski definition) is 4. The molecule has 0 aliphatic heterocycles. The molecule has 0 saturated heterocycles. The molecule has 0 aliphatic rings. The van der Waals surface area contributed by atoms with Gasteiger partial charge in [-0.15, -0.1) is 0 Å². The van der Waals surface area contributed by atoms with Gasteiger partial charge in [0.05, 0.1) is 5.69 Å². The molecule has 0 amide bonds. The molecule has 0 heterocycles. The van der Waals surface area contributed by atoms with Crippen LogP contribution in [0.5, 0.6) is 11.5 Å². The summed E-state index contributed by atoms with van der Waals surface area (Å²) in [5.74, 6) is -2.08. The Morgan fingerprint density at radius 2 is 1.75 bits per heavy atom. The SMILES string of the molecule is Nc1c(Oc2ccc(F)cc2F)cccc1S(N)(=O)=O. The molecule has 0 aliphatic carbocycles. The fraction of sp³-hybridized carbons (Fsp3) is 0. The Labute approximate surface area is 113 Å². The second kappa shape index (κ2) is 5.06. The molecule has 0 bridgehead atoms. The van der Waals surface area contributed by atoms with Crippen LogP contribution in [-0.4, -0.2) is 8.42 Å². The van der Waals surface area contributed by atoms with Crippen molar-refractivity contribution in [3.8, 4) is 11.5 Å². The Balaban J connectivity index is 2.45. The molecular formula is C12H10F2N2O3S. The van der Waals surface area contributed by atoms with Crippen LogP contribution in [0, 0.1) is 11.6 Å². The Bertz CT molecular complexity index is 763. The summed E-state index contributed by atoms with van der Waals surface area (Å²) in [5.41, 5.74) is 5.37. The summed E-state index contributed by atoms with van der Waals surface area (Å²) < 4.78 is 53.9. The van der Waals surface area contributed by atoms with E-state index in [1.807, 2.05) is 0 Å². The smallest absolute Gasteiger partial charge is 0.240 e. The largest absolute Gasteiger partial charge is 0.452 e. The van der Waals surface area contributed by atoms with Crippen molar-refractivity contribution in [2.75, 3.05) is 5.73 Å². The first-order valence-electron chi connectivity index (χ1n) is 5.33. The third-order valence-electron chi connectivity index (χ3n) is 2.45. The monoisotopic (exact) mass is 300 g/mol.